The molecule has 150 valence electrons. The average Bonchev–Trinajstić information content (AvgIpc) is 2.57. The van der Waals surface area contributed by atoms with E-state index in [4.69, 9.17) is 0 Å². The number of allylic oxidation sites excluding steroid dienone is 1. The minimum absolute atomic E-state index is 0. The predicted molar refractivity (Wildman–Crippen MR) is 92.4 cm³/mol. The Hall–Kier alpha value is -1.37. The predicted octanol–water partition coefficient (Wildman–Crippen LogP) is -3.99. The zero-order valence-corrected chi connectivity index (χ0v) is 16.7. The molecule has 0 aliphatic heterocycles. The molecule has 4 atom stereocenters. The zero-order valence-electron chi connectivity index (χ0n) is 16.7. The third-order valence-corrected chi connectivity index (χ3v) is 4.33. The molecule has 0 heterocycles. The van der Waals surface area contributed by atoms with E-state index < -0.39 is 42.1 Å². The molecular weight excluding hydrogens is 351 g/mol. The van der Waals surface area contributed by atoms with Gasteiger partial charge in [0.05, 0.1) is 12.1 Å². The molecule has 0 fully saturated rings. The zero-order chi connectivity index (χ0) is 20.4. The standard InChI is InChI=1S/C17H30N2O7.Li/c1-5-6-7-14(20)10-18(11(2)15(21)22)8-9-19(12(3)16(23)24)13(4)17(25)26;/h5-6,11-14,20H,7-10H2,1-4H3,(H,21,22)(H,23,24)(H,25,26);/q;+1/p-1/b6-5+;. The Labute approximate surface area is 171 Å². The van der Waals surface area contributed by atoms with Gasteiger partial charge in [0.1, 0.15) is 12.1 Å². The Morgan fingerprint density at radius 1 is 1.00 bits per heavy atom. The summed E-state index contributed by atoms with van der Waals surface area (Å²) >= 11 is 0. The largest absolute Gasteiger partial charge is 1.00 e. The van der Waals surface area contributed by atoms with Crippen LogP contribution >= 0.6 is 0 Å². The van der Waals surface area contributed by atoms with Gasteiger partial charge in [-0.15, -0.1) is 0 Å². The Balaban J connectivity index is 0. The van der Waals surface area contributed by atoms with Crippen LogP contribution in [0.1, 0.15) is 34.1 Å². The van der Waals surface area contributed by atoms with Gasteiger partial charge in [0.25, 0.3) is 0 Å². The first-order valence-electron chi connectivity index (χ1n) is 8.48. The van der Waals surface area contributed by atoms with Crippen molar-refractivity contribution in [2.45, 2.75) is 58.3 Å². The van der Waals surface area contributed by atoms with E-state index in [0.29, 0.717) is 6.42 Å². The molecular formula is C17H29LiN2O7. The fourth-order valence-corrected chi connectivity index (χ4v) is 2.48. The van der Waals surface area contributed by atoms with Gasteiger partial charge in [0.15, 0.2) is 0 Å². The molecule has 0 rings (SSSR count). The number of carboxylic acid groups (broad SMARTS) is 3. The topological polar surface area (TPSA) is 141 Å². The van der Waals surface area contributed by atoms with Gasteiger partial charge in [-0.25, -0.2) is 0 Å². The first kappa shape index (κ1) is 27.8. The molecule has 10 heteroatoms. The van der Waals surface area contributed by atoms with Crippen molar-refractivity contribution in [1.29, 1.82) is 0 Å². The SMILES string of the molecule is C/C=C/CC(O)CN(CCN(C(C)C(=O)O)C(C)C(=O)O)C(C)C(=O)[O-].[Li+]. The van der Waals surface area contributed by atoms with E-state index in [1.165, 1.54) is 30.6 Å². The quantitative estimate of drug-likeness (QED) is 0.215. The fraction of sp³-hybridized carbons (Fsp3) is 0.706. The number of rotatable bonds is 13. The number of carboxylic acids is 3. The number of nitrogens with zero attached hydrogens (tertiary/aromatic N) is 2. The molecule has 3 N–H and O–H groups in total. The van der Waals surface area contributed by atoms with Gasteiger partial charge in [-0.1, -0.05) is 12.2 Å². The first-order valence-corrected chi connectivity index (χ1v) is 8.48. The van der Waals surface area contributed by atoms with Crippen molar-refractivity contribution in [2.24, 2.45) is 0 Å². The first-order chi connectivity index (χ1) is 12.0. The number of aliphatic hydroxyl groups excluding tert-OH is 1. The van der Waals surface area contributed by atoms with E-state index in [9.17, 15) is 34.8 Å². The van der Waals surface area contributed by atoms with Crippen LogP contribution in [0, 0.1) is 0 Å². The summed E-state index contributed by atoms with van der Waals surface area (Å²) in [5.41, 5.74) is 0. The van der Waals surface area contributed by atoms with Crippen molar-refractivity contribution in [3.8, 4) is 0 Å². The molecule has 0 amide bonds. The van der Waals surface area contributed by atoms with Crippen LogP contribution < -0.4 is 24.0 Å². The van der Waals surface area contributed by atoms with E-state index in [0.717, 1.165) is 0 Å². The van der Waals surface area contributed by atoms with Crippen molar-refractivity contribution in [1.82, 2.24) is 9.80 Å². The monoisotopic (exact) mass is 380 g/mol. The van der Waals surface area contributed by atoms with E-state index in [1.807, 2.05) is 0 Å². The molecule has 9 nitrogen and oxygen atoms in total. The maximum atomic E-state index is 11.3. The van der Waals surface area contributed by atoms with Crippen molar-refractivity contribution < 1.29 is 53.7 Å². The summed E-state index contributed by atoms with van der Waals surface area (Å²) in [7, 11) is 0. The van der Waals surface area contributed by atoms with Crippen molar-refractivity contribution in [3.63, 3.8) is 0 Å². The fourth-order valence-electron chi connectivity index (χ4n) is 2.48. The van der Waals surface area contributed by atoms with Crippen LogP contribution in [-0.2, 0) is 14.4 Å². The third kappa shape index (κ3) is 9.93. The molecule has 0 radical (unpaired) electrons. The molecule has 0 aromatic heterocycles. The maximum absolute atomic E-state index is 11.3. The van der Waals surface area contributed by atoms with Crippen molar-refractivity contribution >= 4 is 17.9 Å². The Morgan fingerprint density at radius 3 is 1.85 bits per heavy atom. The van der Waals surface area contributed by atoms with E-state index in [2.05, 4.69) is 0 Å². The molecule has 0 saturated heterocycles. The van der Waals surface area contributed by atoms with Crippen LogP contribution in [0.5, 0.6) is 0 Å². The summed E-state index contributed by atoms with van der Waals surface area (Å²) in [4.78, 5) is 36.4. The second-order valence-corrected chi connectivity index (χ2v) is 6.21. The number of aliphatic carboxylic acids is 3. The van der Waals surface area contributed by atoms with Crippen LogP contribution in [0.3, 0.4) is 0 Å². The summed E-state index contributed by atoms with van der Waals surface area (Å²) in [6.45, 7) is 6.06. The minimum atomic E-state index is -1.33. The van der Waals surface area contributed by atoms with Crippen LogP contribution in [0.4, 0.5) is 0 Å². The normalized spacial score (nSPS) is 16.0. The second-order valence-electron chi connectivity index (χ2n) is 6.21. The number of hydrogen-bond donors (Lipinski definition) is 3. The molecule has 27 heavy (non-hydrogen) atoms. The molecule has 0 aromatic carbocycles. The Morgan fingerprint density at radius 2 is 1.48 bits per heavy atom. The summed E-state index contributed by atoms with van der Waals surface area (Å²) in [6.07, 6.45) is 3.04. The maximum Gasteiger partial charge on any atom is 1.00 e. The van der Waals surface area contributed by atoms with E-state index in [1.54, 1.807) is 19.1 Å². The molecule has 0 saturated carbocycles. The van der Waals surface area contributed by atoms with Crippen molar-refractivity contribution in [3.05, 3.63) is 12.2 Å². The second kappa shape index (κ2) is 13.7. The van der Waals surface area contributed by atoms with Crippen LogP contribution in [-0.4, -0.2) is 86.9 Å². The number of hydrogen-bond acceptors (Lipinski definition) is 7. The summed E-state index contributed by atoms with van der Waals surface area (Å²) in [5, 5.41) is 39.6. The Kier molecular flexibility index (Phi) is 14.2. The van der Waals surface area contributed by atoms with Gasteiger partial charge in [-0.3, -0.25) is 19.4 Å². The van der Waals surface area contributed by atoms with E-state index in [-0.39, 0.29) is 38.5 Å². The Bertz CT molecular complexity index is 496. The van der Waals surface area contributed by atoms with Crippen LogP contribution in [0.25, 0.3) is 0 Å². The molecule has 0 aliphatic carbocycles. The van der Waals surface area contributed by atoms with Crippen LogP contribution in [0.15, 0.2) is 12.2 Å². The summed E-state index contributed by atoms with van der Waals surface area (Å²) in [5.74, 6) is -3.68. The van der Waals surface area contributed by atoms with Gasteiger partial charge in [0.2, 0.25) is 0 Å². The smallest absolute Gasteiger partial charge is 0.548 e. The van der Waals surface area contributed by atoms with Gasteiger partial charge >= 0.3 is 30.8 Å². The van der Waals surface area contributed by atoms with Gasteiger partial charge < -0.3 is 25.2 Å². The summed E-state index contributed by atoms with van der Waals surface area (Å²) in [6, 6.07) is -3.14. The number of carbonyl (C=O) groups excluding carboxylic acids is 1. The number of aliphatic hydroxyl groups is 1. The van der Waals surface area contributed by atoms with Crippen molar-refractivity contribution in [2.75, 3.05) is 19.6 Å². The van der Waals surface area contributed by atoms with Gasteiger partial charge in [-0.2, -0.15) is 0 Å². The summed E-state index contributed by atoms with van der Waals surface area (Å²) < 4.78 is 0. The molecule has 0 aliphatic rings. The molecule has 4 unspecified atom stereocenters. The van der Waals surface area contributed by atoms with Crippen LogP contribution in [0.2, 0.25) is 0 Å². The van der Waals surface area contributed by atoms with Gasteiger partial charge in [-0.05, 0) is 34.1 Å². The molecule has 0 bridgehead atoms. The molecule has 0 spiro atoms. The molecule has 0 aromatic rings. The van der Waals surface area contributed by atoms with Gasteiger partial charge in [0, 0.05) is 25.7 Å². The average molecular weight is 380 g/mol. The van der Waals surface area contributed by atoms with E-state index >= 15 is 0 Å². The third-order valence-electron chi connectivity index (χ3n) is 4.33. The number of carbonyl (C=O) groups is 3. The minimum Gasteiger partial charge on any atom is -0.548 e.